The molecule has 2 aromatic rings. The van der Waals surface area contributed by atoms with E-state index in [1.165, 1.54) is 16.9 Å². The van der Waals surface area contributed by atoms with E-state index in [0.717, 1.165) is 51.9 Å². The van der Waals surface area contributed by atoms with Gasteiger partial charge in [0.25, 0.3) is 0 Å². The second kappa shape index (κ2) is 7.27. The van der Waals surface area contributed by atoms with Crippen molar-refractivity contribution in [1.82, 2.24) is 15.0 Å². The van der Waals surface area contributed by atoms with E-state index < -0.39 is 0 Å². The number of rotatable bonds is 3. The lowest BCUT2D eigenvalue weighted by Crippen LogP contribution is -2.36. The lowest BCUT2D eigenvalue weighted by atomic mass is 9.80. The molecule has 0 bridgehead atoms. The number of hydrogen-bond acceptors (Lipinski definition) is 9. The number of ether oxygens (including phenoxy) is 1. The maximum absolute atomic E-state index is 9.68. The summed E-state index contributed by atoms with van der Waals surface area (Å²) in [5.74, 6) is 2.00. The largest absolute Gasteiger partial charge is 0.467 e. The zero-order valence-corrected chi connectivity index (χ0v) is 18.3. The third-order valence-electron chi connectivity index (χ3n) is 6.83. The van der Waals surface area contributed by atoms with Gasteiger partial charge in [-0.25, -0.2) is 0 Å². The van der Waals surface area contributed by atoms with Crippen LogP contribution in [0.5, 0.6) is 6.01 Å². The van der Waals surface area contributed by atoms with E-state index >= 15 is 0 Å². The smallest absolute Gasteiger partial charge is 0.322 e. The SMILES string of the molecule is COc1nc(N2CCCC(C)C2)nc(N2CCC3(CCc4sc(N)c(C#N)c43)C2)n1. The summed E-state index contributed by atoms with van der Waals surface area (Å²) >= 11 is 1.58. The van der Waals surface area contributed by atoms with Crippen molar-refractivity contribution in [2.45, 2.75) is 44.4 Å². The zero-order valence-electron chi connectivity index (χ0n) is 17.5. The highest BCUT2D eigenvalue weighted by Crippen LogP contribution is 2.51. The second-order valence-electron chi connectivity index (χ2n) is 8.82. The number of piperidine rings is 1. The van der Waals surface area contributed by atoms with Gasteiger partial charge in [-0.3, -0.25) is 0 Å². The predicted molar refractivity (Wildman–Crippen MR) is 117 cm³/mol. The first kappa shape index (κ1) is 19.4. The Balaban J connectivity index is 1.46. The number of nitrogen functional groups attached to an aromatic ring is 1. The van der Waals surface area contributed by atoms with Crippen molar-refractivity contribution in [2.24, 2.45) is 5.92 Å². The summed E-state index contributed by atoms with van der Waals surface area (Å²) in [5, 5.41) is 10.3. The van der Waals surface area contributed by atoms with Gasteiger partial charge in [0.15, 0.2) is 0 Å². The number of methoxy groups -OCH3 is 1. The van der Waals surface area contributed by atoms with Crippen LogP contribution in [-0.4, -0.2) is 48.2 Å². The standard InChI is InChI=1S/C21H27N7OS/c1-13-4-3-8-27(11-13)18-24-19(26-20(25-18)29-2)28-9-7-21(12-28)6-5-15-16(21)14(10-22)17(23)30-15/h13H,3-9,11-12,23H2,1-2H3. The van der Waals surface area contributed by atoms with E-state index in [1.54, 1.807) is 18.4 Å². The molecular formula is C21H27N7OS. The maximum atomic E-state index is 9.68. The molecule has 9 heteroatoms. The molecule has 2 fully saturated rings. The Hall–Kier alpha value is -2.60. The van der Waals surface area contributed by atoms with E-state index in [1.807, 2.05) is 0 Å². The molecule has 2 aromatic heterocycles. The highest BCUT2D eigenvalue weighted by Gasteiger charge is 2.48. The summed E-state index contributed by atoms with van der Waals surface area (Å²) in [7, 11) is 1.60. The average Bonchev–Trinajstić information content (AvgIpc) is 3.43. The van der Waals surface area contributed by atoms with Crippen molar-refractivity contribution in [3.63, 3.8) is 0 Å². The van der Waals surface area contributed by atoms with Crippen molar-refractivity contribution < 1.29 is 4.74 Å². The van der Waals surface area contributed by atoms with Crippen LogP contribution in [0.2, 0.25) is 0 Å². The van der Waals surface area contributed by atoms with E-state index in [-0.39, 0.29) is 5.41 Å². The molecule has 2 saturated heterocycles. The summed E-state index contributed by atoms with van der Waals surface area (Å²) in [6.07, 6.45) is 5.43. The van der Waals surface area contributed by atoms with Gasteiger partial charge in [-0.1, -0.05) is 6.92 Å². The molecule has 4 heterocycles. The number of aryl methyl sites for hydroxylation is 1. The molecule has 2 unspecified atom stereocenters. The number of thiophene rings is 1. The van der Waals surface area contributed by atoms with Crippen LogP contribution in [0.15, 0.2) is 0 Å². The van der Waals surface area contributed by atoms with Crippen LogP contribution in [0.4, 0.5) is 16.9 Å². The van der Waals surface area contributed by atoms with E-state index in [9.17, 15) is 5.26 Å². The van der Waals surface area contributed by atoms with Gasteiger partial charge < -0.3 is 20.3 Å². The Morgan fingerprint density at radius 2 is 2.00 bits per heavy atom. The minimum atomic E-state index is -0.0335. The normalized spacial score (nSPS) is 25.6. The molecule has 1 aliphatic carbocycles. The molecule has 8 nitrogen and oxygen atoms in total. The summed E-state index contributed by atoms with van der Waals surface area (Å²) in [5.41, 5.74) is 7.97. The number of fused-ring (bicyclic) bond motifs is 2. The first-order valence-corrected chi connectivity index (χ1v) is 11.5. The number of hydrogen-bond donors (Lipinski definition) is 1. The van der Waals surface area contributed by atoms with Crippen LogP contribution < -0.4 is 20.3 Å². The molecule has 0 aromatic carbocycles. The van der Waals surface area contributed by atoms with Gasteiger partial charge in [-0.15, -0.1) is 11.3 Å². The molecule has 1 spiro atoms. The first-order chi connectivity index (χ1) is 14.5. The van der Waals surface area contributed by atoms with Crippen LogP contribution in [0, 0.1) is 17.2 Å². The molecule has 2 aliphatic heterocycles. The van der Waals surface area contributed by atoms with Crippen LogP contribution >= 0.6 is 11.3 Å². The molecule has 0 radical (unpaired) electrons. The third kappa shape index (κ3) is 3.05. The molecular weight excluding hydrogens is 398 g/mol. The quantitative estimate of drug-likeness (QED) is 0.800. The maximum Gasteiger partial charge on any atom is 0.322 e. The van der Waals surface area contributed by atoms with Crippen molar-refractivity contribution >= 4 is 28.2 Å². The fourth-order valence-electron chi connectivity index (χ4n) is 5.36. The lowest BCUT2D eigenvalue weighted by Gasteiger charge is -2.31. The van der Waals surface area contributed by atoms with Crippen LogP contribution in [0.3, 0.4) is 0 Å². The molecule has 30 heavy (non-hydrogen) atoms. The summed E-state index contributed by atoms with van der Waals surface area (Å²) in [6.45, 7) is 5.84. The molecule has 158 valence electrons. The Morgan fingerprint density at radius 1 is 1.20 bits per heavy atom. The lowest BCUT2D eigenvalue weighted by molar-refractivity contribution is 0.375. The highest BCUT2D eigenvalue weighted by atomic mass is 32.1. The van der Waals surface area contributed by atoms with Crippen molar-refractivity contribution in [1.29, 1.82) is 5.26 Å². The molecule has 0 saturated carbocycles. The summed E-state index contributed by atoms with van der Waals surface area (Å²) < 4.78 is 5.41. The van der Waals surface area contributed by atoms with E-state index in [0.29, 0.717) is 34.4 Å². The van der Waals surface area contributed by atoms with Gasteiger partial charge in [0.05, 0.1) is 12.7 Å². The Kier molecular flexibility index (Phi) is 4.69. The van der Waals surface area contributed by atoms with Gasteiger partial charge in [0.1, 0.15) is 11.1 Å². The molecule has 5 rings (SSSR count). The predicted octanol–water partition coefficient (Wildman–Crippen LogP) is 2.73. The minimum absolute atomic E-state index is 0.0335. The monoisotopic (exact) mass is 425 g/mol. The van der Waals surface area contributed by atoms with Gasteiger partial charge in [0, 0.05) is 36.5 Å². The van der Waals surface area contributed by atoms with Crippen molar-refractivity contribution in [3.8, 4) is 12.1 Å². The fourth-order valence-corrected chi connectivity index (χ4v) is 6.50. The van der Waals surface area contributed by atoms with Gasteiger partial charge in [0.2, 0.25) is 11.9 Å². The first-order valence-electron chi connectivity index (χ1n) is 10.6. The van der Waals surface area contributed by atoms with E-state index in [4.69, 9.17) is 15.5 Å². The summed E-state index contributed by atoms with van der Waals surface area (Å²) in [4.78, 5) is 19.7. The van der Waals surface area contributed by atoms with Crippen LogP contribution in [0.25, 0.3) is 0 Å². The molecule has 3 aliphatic rings. The molecule has 2 atom stereocenters. The minimum Gasteiger partial charge on any atom is -0.467 e. The van der Waals surface area contributed by atoms with Gasteiger partial charge in [-0.2, -0.15) is 20.2 Å². The average molecular weight is 426 g/mol. The van der Waals surface area contributed by atoms with Crippen molar-refractivity contribution in [2.75, 3.05) is 48.8 Å². The van der Waals surface area contributed by atoms with Crippen LogP contribution in [0.1, 0.15) is 48.6 Å². The topological polar surface area (TPSA) is 104 Å². The number of anilines is 3. The zero-order chi connectivity index (χ0) is 20.9. The van der Waals surface area contributed by atoms with Gasteiger partial charge >= 0.3 is 6.01 Å². The second-order valence-corrected chi connectivity index (χ2v) is 9.96. The van der Waals surface area contributed by atoms with Crippen molar-refractivity contribution in [3.05, 3.63) is 16.0 Å². The van der Waals surface area contributed by atoms with E-state index in [2.05, 4.69) is 32.8 Å². The number of nitrogens with two attached hydrogens (primary N) is 1. The van der Waals surface area contributed by atoms with Gasteiger partial charge in [-0.05, 0) is 43.6 Å². The number of nitrogens with zero attached hydrogens (tertiary/aromatic N) is 6. The Labute approximate surface area is 180 Å². The molecule has 0 amide bonds. The third-order valence-corrected chi connectivity index (χ3v) is 7.91. The Morgan fingerprint density at radius 3 is 2.73 bits per heavy atom. The summed E-state index contributed by atoms with van der Waals surface area (Å²) in [6, 6.07) is 2.71. The highest BCUT2D eigenvalue weighted by molar-refractivity contribution is 7.16. The number of aromatic nitrogens is 3. The Bertz CT molecular complexity index is 1020. The van der Waals surface area contributed by atoms with Crippen LogP contribution in [-0.2, 0) is 11.8 Å². The molecule has 2 N–H and O–H groups in total. The number of nitriles is 1. The fraction of sp³-hybridized carbons (Fsp3) is 0.619.